The maximum Gasteiger partial charge on any atom is 0.317 e. The number of aromatic nitrogens is 2. The number of methoxy groups -OCH3 is 2. The molecule has 14 heteroatoms. The number of carbonyl (C=O) groups excluding carboxylic acids is 2. The van der Waals surface area contributed by atoms with Gasteiger partial charge in [0.15, 0.2) is 0 Å². The molecule has 172 valence electrons. The third-order valence-electron chi connectivity index (χ3n) is 3.97. The highest BCUT2D eigenvalue weighted by atomic mass is 79.9. The molecule has 2 aromatic heterocycles. The first kappa shape index (κ1) is 27.0. The van der Waals surface area contributed by atoms with Crippen molar-refractivity contribution in [2.75, 3.05) is 14.2 Å². The first-order valence-electron chi connectivity index (χ1n) is 8.59. The number of pyridine rings is 2. The van der Waals surface area contributed by atoms with Crippen molar-refractivity contribution in [1.29, 1.82) is 0 Å². The van der Waals surface area contributed by atoms with E-state index in [0.29, 0.717) is 8.95 Å². The molecule has 0 aromatic carbocycles. The summed E-state index contributed by atoms with van der Waals surface area (Å²) in [6.45, 7) is 3.06. The van der Waals surface area contributed by atoms with Crippen LogP contribution in [0.1, 0.15) is 25.2 Å². The molecule has 0 aliphatic carbocycles. The zero-order chi connectivity index (χ0) is 24.6. The van der Waals surface area contributed by atoms with Gasteiger partial charge >= 0.3 is 11.9 Å². The number of hydrogen-bond acceptors (Lipinski definition) is 10. The number of carbonyl (C=O) groups is 2. The third-order valence-corrected chi connectivity index (χ3v) is 4.84. The van der Waals surface area contributed by atoms with Gasteiger partial charge in [-0.1, -0.05) is 0 Å². The van der Waals surface area contributed by atoms with Gasteiger partial charge in [-0.2, -0.15) is 0 Å². The Morgan fingerprint density at radius 2 is 1.47 bits per heavy atom. The second-order valence-corrected chi connectivity index (χ2v) is 8.36. The summed E-state index contributed by atoms with van der Waals surface area (Å²) < 4.78 is 10.00. The second-order valence-electron chi connectivity index (χ2n) is 6.52. The van der Waals surface area contributed by atoms with Crippen molar-refractivity contribution in [3.63, 3.8) is 0 Å². The number of hydrogen-bond donors (Lipinski definition) is 0. The minimum absolute atomic E-state index is 0.0811. The molecular formula is C18H18Br2N4O8. The Hall–Kier alpha value is -3.00. The fourth-order valence-electron chi connectivity index (χ4n) is 2.36. The molecule has 2 aromatic rings. The van der Waals surface area contributed by atoms with Crippen molar-refractivity contribution in [2.45, 2.75) is 25.7 Å². The van der Waals surface area contributed by atoms with E-state index in [1.54, 1.807) is 0 Å². The molecule has 0 spiro atoms. The fraction of sp³-hybridized carbons (Fsp3) is 0.333. The molecule has 0 radical (unpaired) electrons. The summed E-state index contributed by atoms with van der Waals surface area (Å²) in [5.74, 6) is -1.14. The molecular weight excluding hydrogens is 560 g/mol. The lowest BCUT2D eigenvalue weighted by Gasteiger charge is -2.20. The van der Waals surface area contributed by atoms with E-state index >= 15 is 0 Å². The number of esters is 2. The maximum absolute atomic E-state index is 11.6. The highest BCUT2D eigenvalue weighted by molar-refractivity contribution is 9.10. The Labute approximate surface area is 198 Å². The summed E-state index contributed by atoms with van der Waals surface area (Å²) in [5.41, 5.74) is -1.41. The van der Waals surface area contributed by atoms with Gasteiger partial charge in [0.2, 0.25) is 0 Å². The first-order chi connectivity index (χ1) is 14.8. The average molecular weight is 578 g/mol. The van der Waals surface area contributed by atoms with E-state index in [2.05, 4.69) is 51.3 Å². The van der Waals surface area contributed by atoms with Gasteiger partial charge in [0.05, 0.1) is 30.5 Å². The summed E-state index contributed by atoms with van der Waals surface area (Å²) in [7, 11) is 2.45. The number of rotatable bonds is 6. The van der Waals surface area contributed by atoms with Crippen LogP contribution in [0.15, 0.2) is 33.5 Å². The van der Waals surface area contributed by atoms with Crippen LogP contribution in [-0.2, 0) is 30.9 Å². The fourth-order valence-corrected chi connectivity index (χ4v) is 3.00. The summed E-state index contributed by atoms with van der Waals surface area (Å²) in [4.78, 5) is 50.7. The smallest absolute Gasteiger partial charge is 0.317 e. The largest absolute Gasteiger partial charge is 0.469 e. The summed E-state index contributed by atoms with van der Waals surface area (Å²) >= 11 is 6.17. The molecule has 0 unspecified atom stereocenters. The number of ether oxygens (including phenoxy) is 2. The van der Waals surface area contributed by atoms with Crippen LogP contribution in [0.3, 0.4) is 0 Å². The molecule has 0 bridgehead atoms. The number of nitro groups is 2. The quantitative estimate of drug-likeness (QED) is 0.281. The van der Waals surface area contributed by atoms with Gasteiger partial charge in [-0.15, -0.1) is 0 Å². The molecule has 32 heavy (non-hydrogen) atoms. The second kappa shape index (κ2) is 11.6. The van der Waals surface area contributed by atoms with Gasteiger partial charge in [0, 0.05) is 33.5 Å². The molecule has 2 rings (SSSR count). The van der Waals surface area contributed by atoms with Crippen LogP contribution in [-0.4, -0.2) is 46.0 Å². The molecule has 0 fully saturated rings. The van der Waals surface area contributed by atoms with E-state index in [0.717, 1.165) is 0 Å². The highest BCUT2D eigenvalue weighted by Crippen LogP contribution is 2.32. The standard InChI is InChI=1S/C10H11BrN2O4.C8H7BrN2O4/c1-10(2,9(14)17-3)8-7(13(15)16)4-6(11)5-12-8;1-15-8(12)3-6-7(11(13)14)2-5(9)4-10-6/h4-5H,1-3H3;2,4H,3H2,1H3. The van der Waals surface area contributed by atoms with Gasteiger partial charge in [-0.05, 0) is 45.7 Å². The van der Waals surface area contributed by atoms with E-state index in [4.69, 9.17) is 0 Å². The lowest BCUT2D eigenvalue weighted by molar-refractivity contribution is -0.386. The van der Waals surface area contributed by atoms with Crippen molar-refractivity contribution >= 4 is 55.2 Å². The van der Waals surface area contributed by atoms with Crippen LogP contribution < -0.4 is 0 Å². The lowest BCUT2D eigenvalue weighted by atomic mass is 9.88. The molecule has 0 amide bonds. The Morgan fingerprint density at radius 1 is 0.969 bits per heavy atom. The van der Waals surface area contributed by atoms with E-state index in [1.165, 1.54) is 52.6 Å². The van der Waals surface area contributed by atoms with Gasteiger partial charge in [0.1, 0.15) is 16.8 Å². The predicted molar refractivity (Wildman–Crippen MR) is 118 cm³/mol. The lowest BCUT2D eigenvalue weighted by Crippen LogP contribution is -2.32. The molecule has 12 nitrogen and oxygen atoms in total. The normalized spacial score (nSPS) is 10.4. The minimum atomic E-state index is -1.17. The number of nitrogens with zero attached hydrogens (tertiary/aromatic N) is 4. The van der Waals surface area contributed by atoms with Crippen molar-refractivity contribution < 1.29 is 28.9 Å². The van der Waals surface area contributed by atoms with Crippen molar-refractivity contribution in [3.05, 3.63) is 65.1 Å². The Balaban J connectivity index is 0.000000323. The van der Waals surface area contributed by atoms with Gasteiger partial charge < -0.3 is 9.47 Å². The van der Waals surface area contributed by atoms with Gasteiger partial charge in [-0.25, -0.2) is 0 Å². The predicted octanol–water partition coefficient (Wildman–Crippen LogP) is 3.67. The van der Waals surface area contributed by atoms with Crippen LogP contribution >= 0.6 is 31.9 Å². The van der Waals surface area contributed by atoms with Crippen LogP contribution in [0.5, 0.6) is 0 Å². The zero-order valence-electron chi connectivity index (χ0n) is 17.3. The molecule has 0 N–H and O–H groups in total. The number of halogens is 2. The molecule has 0 aliphatic heterocycles. The van der Waals surface area contributed by atoms with Gasteiger partial charge in [0.25, 0.3) is 11.4 Å². The first-order valence-corrected chi connectivity index (χ1v) is 10.2. The van der Waals surface area contributed by atoms with Crippen LogP contribution in [0.2, 0.25) is 0 Å². The van der Waals surface area contributed by atoms with E-state index < -0.39 is 27.2 Å². The Kier molecular flexibility index (Phi) is 9.78. The molecule has 0 saturated carbocycles. The summed E-state index contributed by atoms with van der Waals surface area (Å²) in [6.07, 6.45) is 2.60. The molecule has 0 saturated heterocycles. The molecule has 0 aliphatic rings. The average Bonchev–Trinajstić information content (AvgIpc) is 2.74. The molecule has 2 heterocycles. The van der Waals surface area contributed by atoms with Crippen molar-refractivity contribution in [3.8, 4) is 0 Å². The van der Waals surface area contributed by atoms with Crippen molar-refractivity contribution in [1.82, 2.24) is 9.97 Å². The zero-order valence-corrected chi connectivity index (χ0v) is 20.5. The van der Waals surface area contributed by atoms with Gasteiger partial charge in [-0.3, -0.25) is 39.8 Å². The Bertz CT molecular complexity index is 1050. The van der Waals surface area contributed by atoms with E-state index in [9.17, 15) is 29.8 Å². The van der Waals surface area contributed by atoms with Crippen LogP contribution in [0.4, 0.5) is 11.4 Å². The van der Waals surface area contributed by atoms with E-state index in [1.807, 2.05) is 0 Å². The summed E-state index contributed by atoms with van der Waals surface area (Å²) in [6, 6.07) is 2.61. The minimum Gasteiger partial charge on any atom is -0.469 e. The monoisotopic (exact) mass is 576 g/mol. The SMILES string of the molecule is COC(=O)C(C)(C)c1ncc(Br)cc1[N+](=O)[O-].COC(=O)Cc1ncc(Br)cc1[N+](=O)[O-]. The topological polar surface area (TPSA) is 165 Å². The Morgan fingerprint density at radius 3 is 1.94 bits per heavy atom. The van der Waals surface area contributed by atoms with Crippen molar-refractivity contribution in [2.24, 2.45) is 0 Å². The molecule has 0 atom stereocenters. The summed E-state index contributed by atoms with van der Waals surface area (Å²) in [5, 5.41) is 21.6. The van der Waals surface area contributed by atoms with Crippen LogP contribution in [0.25, 0.3) is 0 Å². The van der Waals surface area contributed by atoms with Crippen LogP contribution in [0, 0.1) is 20.2 Å². The maximum atomic E-state index is 11.6. The third kappa shape index (κ3) is 7.02. The highest BCUT2D eigenvalue weighted by Gasteiger charge is 2.38. The van der Waals surface area contributed by atoms with E-state index in [-0.39, 0.29) is 29.2 Å².